The third-order valence-electron chi connectivity index (χ3n) is 4.44. The van der Waals surface area contributed by atoms with Crippen molar-refractivity contribution in [1.29, 1.82) is 0 Å². The number of fused-ring (bicyclic) bond motifs is 1. The molecule has 0 spiro atoms. The molecule has 0 radical (unpaired) electrons. The lowest BCUT2D eigenvalue weighted by molar-refractivity contribution is 0.325. The Kier molecular flexibility index (Phi) is 1.19. The minimum Gasteiger partial charge on any atom is -0.0651 e. The van der Waals surface area contributed by atoms with E-state index in [9.17, 15) is 0 Å². The lowest BCUT2D eigenvalue weighted by atomic mass is 9.88. The van der Waals surface area contributed by atoms with Crippen LogP contribution in [0.3, 0.4) is 0 Å². The molecule has 2 rings (SSSR count). The van der Waals surface area contributed by atoms with Crippen LogP contribution in [0.15, 0.2) is 0 Å². The van der Waals surface area contributed by atoms with Gasteiger partial charge in [0.05, 0.1) is 0 Å². The zero-order valence-corrected chi connectivity index (χ0v) is 7.35. The van der Waals surface area contributed by atoms with E-state index in [1.165, 1.54) is 19.3 Å². The van der Waals surface area contributed by atoms with Gasteiger partial charge in [-0.2, -0.15) is 0 Å². The molecule has 0 aromatic heterocycles. The van der Waals surface area contributed by atoms with Gasteiger partial charge in [-0.15, -0.1) is 0 Å². The van der Waals surface area contributed by atoms with E-state index in [0.717, 1.165) is 23.2 Å². The summed E-state index contributed by atoms with van der Waals surface area (Å²) >= 11 is 0. The van der Waals surface area contributed by atoms with Crippen LogP contribution >= 0.6 is 0 Å². The Hall–Kier alpha value is 0. The Bertz CT molecular complexity index is 138. The minimum absolute atomic E-state index is 0.786. The summed E-state index contributed by atoms with van der Waals surface area (Å²) in [4.78, 5) is 0. The Morgan fingerprint density at radius 1 is 1.40 bits per heavy atom. The molecule has 0 aliphatic heterocycles. The molecule has 58 valence electrons. The van der Waals surface area contributed by atoms with Crippen molar-refractivity contribution in [2.45, 2.75) is 40.0 Å². The molecule has 2 saturated carbocycles. The molecule has 0 aromatic carbocycles. The Labute approximate surface area is 64.0 Å². The molecule has 0 nitrogen and oxygen atoms in total. The van der Waals surface area contributed by atoms with Crippen molar-refractivity contribution < 1.29 is 0 Å². The minimum atomic E-state index is 0.786. The first kappa shape index (κ1) is 6.69. The monoisotopic (exact) mass is 138 g/mol. The quantitative estimate of drug-likeness (QED) is 0.550. The second-order valence-electron chi connectivity index (χ2n) is 4.47. The Morgan fingerprint density at radius 3 is 2.20 bits per heavy atom. The molecule has 3 atom stereocenters. The first-order chi connectivity index (χ1) is 4.71. The molecule has 2 fully saturated rings. The molecule has 0 heterocycles. The van der Waals surface area contributed by atoms with Gasteiger partial charge in [0, 0.05) is 0 Å². The number of hydrogen-bond donors (Lipinski definition) is 0. The highest BCUT2D eigenvalue weighted by Crippen LogP contribution is 2.74. The number of rotatable bonds is 2. The molecule has 0 amide bonds. The zero-order chi connectivity index (χ0) is 7.35. The van der Waals surface area contributed by atoms with Crippen molar-refractivity contribution in [3.8, 4) is 0 Å². The summed E-state index contributed by atoms with van der Waals surface area (Å²) in [6.07, 6.45) is 4.44. The highest BCUT2D eigenvalue weighted by atomic mass is 14.7. The summed E-state index contributed by atoms with van der Waals surface area (Å²) in [5.41, 5.74) is 0.786. The van der Waals surface area contributed by atoms with Gasteiger partial charge in [0.25, 0.3) is 0 Å². The van der Waals surface area contributed by atoms with E-state index in [2.05, 4.69) is 20.8 Å². The van der Waals surface area contributed by atoms with Crippen molar-refractivity contribution in [2.75, 3.05) is 0 Å². The van der Waals surface area contributed by atoms with Gasteiger partial charge in [-0.3, -0.25) is 0 Å². The van der Waals surface area contributed by atoms with Gasteiger partial charge < -0.3 is 0 Å². The average Bonchev–Trinajstić information content (AvgIpc) is 2.24. The third kappa shape index (κ3) is 0.538. The second kappa shape index (κ2) is 1.78. The van der Waals surface area contributed by atoms with E-state index in [0.29, 0.717) is 0 Å². The van der Waals surface area contributed by atoms with Gasteiger partial charge in [-0.05, 0) is 36.0 Å². The summed E-state index contributed by atoms with van der Waals surface area (Å²) in [5, 5.41) is 0. The lowest BCUT2D eigenvalue weighted by Gasteiger charge is -2.17. The third-order valence-corrected chi connectivity index (χ3v) is 4.44. The zero-order valence-electron chi connectivity index (χ0n) is 7.35. The van der Waals surface area contributed by atoms with Crippen molar-refractivity contribution >= 4 is 0 Å². The SMILES string of the molecule is CCC(C)C1(C)C2CCC21. The first-order valence-corrected chi connectivity index (χ1v) is 4.71. The van der Waals surface area contributed by atoms with Gasteiger partial charge in [0.15, 0.2) is 0 Å². The molecule has 0 saturated heterocycles. The maximum Gasteiger partial charge on any atom is -0.0238 e. The smallest absolute Gasteiger partial charge is 0.0238 e. The van der Waals surface area contributed by atoms with Crippen LogP contribution in [0.4, 0.5) is 0 Å². The summed E-state index contributed by atoms with van der Waals surface area (Å²) in [6, 6.07) is 0. The van der Waals surface area contributed by atoms with Crippen molar-refractivity contribution in [3.05, 3.63) is 0 Å². The molecule has 0 N–H and O–H groups in total. The Balaban J connectivity index is 2.04. The van der Waals surface area contributed by atoms with E-state index >= 15 is 0 Å². The molecule has 2 aliphatic rings. The molecule has 0 aromatic rings. The fourth-order valence-corrected chi connectivity index (χ4v) is 3.02. The van der Waals surface area contributed by atoms with Crippen LogP contribution in [0, 0.1) is 23.2 Å². The van der Waals surface area contributed by atoms with Gasteiger partial charge in [-0.1, -0.05) is 27.2 Å². The van der Waals surface area contributed by atoms with Gasteiger partial charge in [0.2, 0.25) is 0 Å². The van der Waals surface area contributed by atoms with Crippen LogP contribution in [0.25, 0.3) is 0 Å². The van der Waals surface area contributed by atoms with Gasteiger partial charge in [0.1, 0.15) is 0 Å². The van der Waals surface area contributed by atoms with Crippen molar-refractivity contribution in [2.24, 2.45) is 23.2 Å². The largest absolute Gasteiger partial charge is 0.0651 e. The van der Waals surface area contributed by atoms with Gasteiger partial charge in [-0.25, -0.2) is 0 Å². The molecule has 10 heavy (non-hydrogen) atoms. The summed E-state index contributed by atoms with van der Waals surface area (Å²) in [6.45, 7) is 7.26. The van der Waals surface area contributed by atoms with Crippen LogP contribution in [0.1, 0.15) is 40.0 Å². The van der Waals surface area contributed by atoms with E-state index in [4.69, 9.17) is 0 Å². The van der Waals surface area contributed by atoms with E-state index < -0.39 is 0 Å². The van der Waals surface area contributed by atoms with E-state index in [1.54, 1.807) is 0 Å². The highest BCUT2D eigenvalue weighted by Gasteiger charge is 2.67. The van der Waals surface area contributed by atoms with Crippen molar-refractivity contribution in [3.63, 3.8) is 0 Å². The first-order valence-electron chi connectivity index (χ1n) is 4.71. The summed E-state index contributed by atoms with van der Waals surface area (Å²) in [5.74, 6) is 3.26. The lowest BCUT2D eigenvalue weighted by Crippen LogP contribution is -2.09. The predicted octanol–water partition coefficient (Wildman–Crippen LogP) is 3.08. The molecule has 2 aliphatic carbocycles. The predicted molar refractivity (Wildman–Crippen MR) is 43.8 cm³/mol. The van der Waals surface area contributed by atoms with Gasteiger partial charge >= 0.3 is 0 Å². The molecule has 0 heteroatoms. The molecular weight excluding hydrogens is 120 g/mol. The van der Waals surface area contributed by atoms with E-state index in [-0.39, 0.29) is 0 Å². The average molecular weight is 138 g/mol. The highest BCUT2D eigenvalue weighted by molar-refractivity contribution is 5.15. The van der Waals surface area contributed by atoms with Crippen LogP contribution in [0.5, 0.6) is 0 Å². The fraction of sp³-hybridized carbons (Fsp3) is 1.00. The Morgan fingerprint density at radius 2 is 1.90 bits per heavy atom. The van der Waals surface area contributed by atoms with Crippen molar-refractivity contribution in [1.82, 2.24) is 0 Å². The standard InChI is InChI=1S/C10H18/c1-4-7(2)10(3)8-5-6-9(8)10/h7-9H,4-6H2,1-3H3. The summed E-state index contributed by atoms with van der Waals surface area (Å²) in [7, 11) is 0. The number of hydrogen-bond acceptors (Lipinski definition) is 0. The van der Waals surface area contributed by atoms with Crippen LogP contribution in [-0.4, -0.2) is 0 Å². The van der Waals surface area contributed by atoms with Crippen LogP contribution in [-0.2, 0) is 0 Å². The normalized spacial score (nSPS) is 53.1. The van der Waals surface area contributed by atoms with Crippen LogP contribution in [0.2, 0.25) is 0 Å². The molecule has 0 bridgehead atoms. The van der Waals surface area contributed by atoms with Crippen LogP contribution < -0.4 is 0 Å². The maximum absolute atomic E-state index is 2.50. The van der Waals surface area contributed by atoms with E-state index in [1.807, 2.05) is 0 Å². The summed E-state index contributed by atoms with van der Waals surface area (Å²) < 4.78 is 0. The fourth-order valence-electron chi connectivity index (χ4n) is 3.02. The molecular formula is C10H18. The molecule has 3 unspecified atom stereocenters. The maximum atomic E-state index is 2.50. The topological polar surface area (TPSA) is 0 Å². The second-order valence-corrected chi connectivity index (χ2v) is 4.47.